The minimum atomic E-state index is -0.568. The van der Waals surface area contributed by atoms with Gasteiger partial charge in [-0.25, -0.2) is 4.39 Å². The van der Waals surface area contributed by atoms with Crippen LogP contribution in [-0.2, 0) is 9.53 Å². The maximum Gasteiger partial charge on any atom is 0.267 e. The number of fused-ring (bicyclic) bond motifs is 1. The molecule has 0 aliphatic carbocycles. The predicted octanol–water partition coefficient (Wildman–Crippen LogP) is 2.52. The van der Waals surface area contributed by atoms with Crippen LogP contribution in [0.1, 0.15) is 17.3 Å². The van der Waals surface area contributed by atoms with Crippen molar-refractivity contribution in [2.75, 3.05) is 49.6 Å². The van der Waals surface area contributed by atoms with Crippen molar-refractivity contribution in [1.29, 1.82) is 0 Å². The Morgan fingerprint density at radius 3 is 2.60 bits per heavy atom. The zero-order valence-electron chi connectivity index (χ0n) is 16.8. The van der Waals surface area contributed by atoms with Crippen molar-refractivity contribution in [3.8, 4) is 5.75 Å². The van der Waals surface area contributed by atoms with E-state index < -0.39 is 11.9 Å². The zero-order valence-corrected chi connectivity index (χ0v) is 16.8. The second kappa shape index (κ2) is 8.81. The smallest absolute Gasteiger partial charge is 0.267 e. The van der Waals surface area contributed by atoms with Gasteiger partial charge in [-0.05, 0) is 49.4 Å². The van der Waals surface area contributed by atoms with Crippen molar-refractivity contribution < 1.29 is 23.5 Å². The maximum absolute atomic E-state index is 13.1. The van der Waals surface area contributed by atoms with Crippen LogP contribution >= 0.6 is 0 Å². The molecule has 2 aromatic rings. The Morgan fingerprint density at radius 2 is 1.87 bits per heavy atom. The number of benzene rings is 2. The molecule has 1 unspecified atom stereocenters. The average molecular weight is 413 g/mol. The van der Waals surface area contributed by atoms with Crippen molar-refractivity contribution in [2.24, 2.45) is 0 Å². The highest BCUT2D eigenvalue weighted by Gasteiger charge is 2.32. The lowest BCUT2D eigenvalue weighted by atomic mass is 10.1. The third-order valence-electron chi connectivity index (χ3n) is 5.28. The van der Waals surface area contributed by atoms with Gasteiger partial charge in [0, 0.05) is 37.4 Å². The van der Waals surface area contributed by atoms with Gasteiger partial charge in [0.2, 0.25) is 0 Å². The normalized spacial score (nSPS) is 19.2. The Kier molecular flexibility index (Phi) is 5.96. The SMILES string of the molecule is CC1Oc2ccc(NC(=O)c3ccc(F)cc3)cc2N(CCN2CCOCC2)C1=O. The minimum Gasteiger partial charge on any atom is -0.479 e. The largest absolute Gasteiger partial charge is 0.479 e. The Morgan fingerprint density at radius 1 is 1.13 bits per heavy atom. The summed E-state index contributed by atoms with van der Waals surface area (Å²) in [7, 11) is 0. The molecule has 30 heavy (non-hydrogen) atoms. The molecule has 2 aliphatic rings. The van der Waals surface area contributed by atoms with Crippen LogP contribution in [-0.4, -0.2) is 62.2 Å². The lowest BCUT2D eigenvalue weighted by molar-refractivity contribution is -0.125. The first-order chi connectivity index (χ1) is 14.5. The van der Waals surface area contributed by atoms with Gasteiger partial charge in [-0.3, -0.25) is 14.5 Å². The molecule has 0 radical (unpaired) electrons. The molecule has 7 nitrogen and oxygen atoms in total. The quantitative estimate of drug-likeness (QED) is 0.816. The molecule has 2 aliphatic heterocycles. The number of ether oxygens (including phenoxy) is 2. The number of halogens is 1. The lowest BCUT2D eigenvalue weighted by Gasteiger charge is -2.35. The van der Waals surface area contributed by atoms with E-state index in [0.29, 0.717) is 42.4 Å². The Labute approximate surface area is 174 Å². The average Bonchev–Trinajstić information content (AvgIpc) is 2.75. The van der Waals surface area contributed by atoms with Crippen molar-refractivity contribution in [1.82, 2.24) is 4.90 Å². The number of carbonyl (C=O) groups is 2. The van der Waals surface area contributed by atoms with E-state index in [0.717, 1.165) is 19.6 Å². The number of rotatable bonds is 5. The molecule has 4 rings (SSSR count). The number of morpholine rings is 1. The van der Waals surface area contributed by atoms with Crippen LogP contribution in [0.3, 0.4) is 0 Å². The molecule has 1 saturated heterocycles. The summed E-state index contributed by atoms with van der Waals surface area (Å²) in [5, 5.41) is 2.80. The van der Waals surface area contributed by atoms with Gasteiger partial charge in [0.1, 0.15) is 11.6 Å². The van der Waals surface area contributed by atoms with Crippen molar-refractivity contribution in [3.63, 3.8) is 0 Å². The first-order valence-corrected chi connectivity index (χ1v) is 10.0. The number of anilines is 2. The van der Waals surface area contributed by atoms with E-state index in [1.807, 2.05) is 0 Å². The number of hydrogen-bond acceptors (Lipinski definition) is 5. The van der Waals surface area contributed by atoms with Gasteiger partial charge in [0.15, 0.2) is 6.10 Å². The zero-order chi connectivity index (χ0) is 21.1. The Hall–Kier alpha value is -2.97. The molecule has 0 aromatic heterocycles. The molecule has 0 bridgehead atoms. The molecule has 0 saturated carbocycles. The van der Waals surface area contributed by atoms with Crippen LogP contribution in [0.5, 0.6) is 5.75 Å². The van der Waals surface area contributed by atoms with Gasteiger partial charge in [-0.15, -0.1) is 0 Å². The monoisotopic (exact) mass is 413 g/mol. The number of carbonyl (C=O) groups excluding carboxylic acids is 2. The molecule has 0 spiro atoms. The topological polar surface area (TPSA) is 71.1 Å². The van der Waals surface area contributed by atoms with Gasteiger partial charge in [0.25, 0.3) is 11.8 Å². The number of nitrogens with zero attached hydrogens (tertiary/aromatic N) is 2. The summed E-state index contributed by atoms with van der Waals surface area (Å²) < 4.78 is 24.2. The highest BCUT2D eigenvalue weighted by atomic mass is 19.1. The maximum atomic E-state index is 13.1. The van der Waals surface area contributed by atoms with Gasteiger partial charge in [-0.2, -0.15) is 0 Å². The van der Waals surface area contributed by atoms with Gasteiger partial charge in [0.05, 0.1) is 18.9 Å². The van der Waals surface area contributed by atoms with E-state index in [4.69, 9.17) is 9.47 Å². The molecule has 1 fully saturated rings. The lowest BCUT2D eigenvalue weighted by Crippen LogP contribution is -2.48. The predicted molar refractivity (Wildman–Crippen MR) is 110 cm³/mol. The molecule has 158 valence electrons. The summed E-state index contributed by atoms with van der Waals surface area (Å²) in [6.07, 6.45) is -0.568. The van der Waals surface area contributed by atoms with Crippen LogP contribution < -0.4 is 15.0 Å². The number of amides is 2. The van der Waals surface area contributed by atoms with E-state index in [-0.39, 0.29) is 11.8 Å². The van der Waals surface area contributed by atoms with Crippen LogP contribution in [0.4, 0.5) is 15.8 Å². The molecule has 2 heterocycles. The van der Waals surface area contributed by atoms with Crippen molar-refractivity contribution in [2.45, 2.75) is 13.0 Å². The summed E-state index contributed by atoms with van der Waals surface area (Å²) in [5.74, 6) is -0.270. The van der Waals surface area contributed by atoms with Crippen LogP contribution in [0.15, 0.2) is 42.5 Å². The summed E-state index contributed by atoms with van der Waals surface area (Å²) in [6, 6.07) is 10.5. The molecule has 8 heteroatoms. The summed E-state index contributed by atoms with van der Waals surface area (Å²) >= 11 is 0. The molecular weight excluding hydrogens is 389 g/mol. The summed E-state index contributed by atoms with van der Waals surface area (Å²) in [5.41, 5.74) is 1.51. The third kappa shape index (κ3) is 4.44. The summed E-state index contributed by atoms with van der Waals surface area (Å²) in [6.45, 7) is 6.07. The fourth-order valence-corrected chi connectivity index (χ4v) is 3.59. The number of hydrogen-bond donors (Lipinski definition) is 1. The molecule has 1 atom stereocenters. The highest BCUT2D eigenvalue weighted by molar-refractivity contribution is 6.05. The Balaban J connectivity index is 1.52. The van der Waals surface area contributed by atoms with Crippen LogP contribution in [0.2, 0.25) is 0 Å². The van der Waals surface area contributed by atoms with E-state index in [1.54, 1.807) is 30.0 Å². The van der Waals surface area contributed by atoms with Crippen molar-refractivity contribution in [3.05, 3.63) is 53.8 Å². The van der Waals surface area contributed by atoms with Gasteiger partial charge < -0.3 is 19.7 Å². The first-order valence-electron chi connectivity index (χ1n) is 10.0. The fourth-order valence-electron chi connectivity index (χ4n) is 3.59. The summed E-state index contributed by atoms with van der Waals surface area (Å²) in [4.78, 5) is 29.2. The third-order valence-corrected chi connectivity index (χ3v) is 5.28. The Bertz CT molecular complexity index is 928. The van der Waals surface area contributed by atoms with E-state index in [9.17, 15) is 14.0 Å². The highest BCUT2D eigenvalue weighted by Crippen LogP contribution is 2.36. The standard InChI is InChI=1S/C22H24FN3O4/c1-15-22(28)26(9-8-25-10-12-29-13-11-25)19-14-18(6-7-20(19)30-15)24-21(27)16-2-4-17(23)5-3-16/h2-7,14-15H,8-13H2,1H3,(H,24,27). The van der Waals surface area contributed by atoms with Crippen LogP contribution in [0.25, 0.3) is 0 Å². The van der Waals surface area contributed by atoms with E-state index in [2.05, 4.69) is 10.2 Å². The van der Waals surface area contributed by atoms with E-state index in [1.165, 1.54) is 24.3 Å². The molecule has 2 amide bonds. The molecule has 1 N–H and O–H groups in total. The van der Waals surface area contributed by atoms with Crippen LogP contribution in [0, 0.1) is 5.82 Å². The second-order valence-electron chi connectivity index (χ2n) is 7.35. The minimum absolute atomic E-state index is 0.113. The fraction of sp³-hybridized carbons (Fsp3) is 0.364. The van der Waals surface area contributed by atoms with Gasteiger partial charge >= 0.3 is 0 Å². The van der Waals surface area contributed by atoms with E-state index >= 15 is 0 Å². The molecule has 2 aromatic carbocycles. The second-order valence-corrected chi connectivity index (χ2v) is 7.35. The van der Waals surface area contributed by atoms with Crippen molar-refractivity contribution >= 4 is 23.2 Å². The number of nitrogens with one attached hydrogen (secondary N) is 1. The first kappa shape index (κ1) is 20.3. The molecular formula is C22H24FN3O4. The van der Waals surface area contributed by atoms with Gasteiger partial charge in [-0.1, -0.05) is 0 Å².